The fourth-order valence-corrected chi connectivity index (χ4v) is 1.79. The normalized spacial score (nSPS) is 13.5. The lowest BCUT2D eigenvalue weighted by Crippen LogP contribution is -2.45. The third-order valence-corrected chi connectivity index (χ3v) is 2.71. The molecule has 0 saturated carbocycles. The number of carboxylic acids is 1. The van der Waals surface area contributed by atoms with Crippen LogP contribution >= 0.6 is 0 Å². The van der Waals surface area contributed by atoms with Gasteiger partial charge in [-0.15, -0.1) is 0 Å². The van der Waals surface area contributed by atoms with Crippen molar-refractivity contribution in [2.45, 2.75) is 45.8 Å². The van der Waals surface area contributed by atoms with Crippen molar-refractivity contribution in [3.8, 4) is 0 Å². The summed E-state index contributed by atoms with van der Waals surface area (Å²) in [6.45, 7) is 3.00. The molecule has 0 rings (SSSR count). The number of hydrogen-bond donors (Lipinski definition) is 2. The minimum atomic E-state index is -4.54. The summed E-state index contributed by atoms with van der Waals surface area (Å²) in [5.74, 6) is -1.53. The molecule has 2 N–H and O–H groups in total. The molecule has 124 valence electrons. The number of halogens is 3. The molecule has 8 heteroatoms. The lowest BCUT2D eigenvalue weighted by molar-refractivity contribution is -0.155. The van der Waals surface area contributed by atoms with Crippen LogP contribution in [-0.2, 0) is 9.59 Å². The van der Waals surface area contributed by atoms with E-state index in [9.17, 15) is 22.8 Å². The summed E-state index contributed by atoms with van der Waals surface area (Å²) in [5, 5.41) is 11.2. The van der Waals surface area contributed by atoms with Gasteiger partial charge in [0, 0.05) is 6.04 Å². The van der Waals surface area contributed by atoms with E-state index in [1.165, 1.54) is 0 Å². The van der Waals surface area contributed by atoms with Crippen LogP contribution in [0.4, 0.5) is 13.2 Å². The first-order valence-corrected chi connectivity index (χ1v) is 6.80. The van der Waals surface area contributed by atoms with Gasteiger partial charge in [0.05, 0.1) is 19.6 Å². The Morgan fingerprint density at radius 2 is 1.71 bits per heavy atom. The second-order valence-corrected chi connectivity index (χ2v) is 5.59. The first kappa shape index (κ1) is 19.7. The number of rotatable bonds is 9. The molecule has 1 atom stereocenters. The van der Waals surface area contributed by atoms with Gasteiger partial charge in [0.25, 0.3) is 0 Å². The molecule has 0 aromatic carbocycles. The molecule has 0 saturated heterocycles. The van der Waals surface area contributed by atoms with E-state index in [-0.39, 0.29) is 6.04 Å². The molecule has 0 radical (unpaired) electrons. The predicted octanol–water partition coefficient (Wildman–Crippen LogP) is 1.88. The average Bonchev–Trinajstić information content (AvgIpc) is 2.22. The van der Waals surface area contributed by atoms with Crippen LogP contribution in [0.2, 0.25) is 0 Å². The molecular weight excluding hydrogens is 289 g/mol. The Labute approximate surface area is 122 Å². The van der Waals surface area contributed by atoms with E-state index in [4.69, 9.17) is 5.11 Å². The summed E-state index contributed by atoms with van der Waals surface area (Å²) in [4.78, 5) is 22.8. The van der Waals surface area contributed by atoms with Crippen LogP contribution in [0.5, 0.6) is 0 Å². The number of aliphatic carboxylic acids is 1. The van der Waals surface area contributed by atoms with Crippen LogP contribution in [0.15, 0.2) is 0 Å². The standard InChI is InChI=1S/C13H23F3N2O3/c1-9(2)4-5-10(3)17-11(19)6-18(7-12(20)21)8-13(14,15)16/h9-10H,4-8H2,1-3H3,(H,17,19)(H,20,21). The second-order valence-electron chi connectivity index (χ2n) is 5.59. The quantitative estimate of drug-likeness (QED) is 0.682. The highest BCUT2D eigenvalue weighted by Crippen LogP contribution is 2.16. The van der Waals surface area contributed by atoms with Gasteiger partial charge in [-0.3, -0.25) is 14.5 Å². The van der Waals surface area contributed by atoms with Crippen molar-refractivity contribution in [1.29, 1.82) is 0 Å². The molecule has 1 unspecified atom stereocenters. The van der Waals surface area contributed by atoms with E-state index in [1.54, 1.807) is 6.92 Å². The Kier molecular flexibility index (Phi) is 8.31. The minimum absolute atomic E-state index is 0.155. The van der Waals surface area contributed by atoms with E-state index in [2.05, 4.69) is 5.32 Å². The van der Waals surface area contributed by atoms with Gasteiger partial charge in [0.2, 0.25) is 5.91 Å². The van der Waals surface area contributed by atoms with Crippen LogP contribution in [0, 0.1) is 5.92 Å². The number of alkyl halides is 3. The Hall–Kier alpha value is -1.31. The number of carboxylic acid groups (broad SMARTS) is 1. The zero-order chi connectivity index (χ0) is 16.6. The van der Waals surface area contributed by atoms with Gasteiger partial charge in [-0.1, -0.05) is 13.8 Å². The van der Waals surface area contributed by atoms with Crippen molar-refractivity contribution in [2.75, 3.05) is 19.6 Å². The van der Waals surface area contributed by atoms with Gasteiger partial charge in [0.15, 0.2) is 0 Å². The van der Waals surface area contributed by atoms with E-state index >= 15 is 0 Å². The van der Waals surface area contributed by atoms with Crippen molar-refractivity contribution in [2.24, 2.45) is 5.92 Å². The van der Waals surface area contributed by atoms with Gasteiger partial charge in [-0.2, -0.15) is 13.2 Å². The molecule has 0 bridgehead atoms. The third-order valence-electron chi connectivity index (χ3n) is 2.71. The maximum Gasteiger partial charge on any atom is 0.401 e. The molecule has 0 heterocycles. The van der Waals surface area contributed by atoms with Crippen molar-refractivity contribution in [3.63, 3.8) is 0 Å². The summed E-state index contributed by atoms with van der Waals surface area (Å²) in [5.41, 5.74) is 0. The highest BCUT2D eigenvalue weighted by atomic mass is 19.4. The number of nitrogens with one attached hydrogen (secondary N) is 1. The molecule has 5 nitrogen and oxygen atoms in total. The molecule has 0 aromatic rings. The van der Waals surface area contributed by atoms with Gasteiger partial charge in [0.1, 0.15) is 0 Å². The Morgan fingerprint density at radius 1 is 1.14 bits per heavy atom. The van der Waals surface area contributed by atoms with E-state index in [1.807, 2.05) is 13.8 Å². The van der Waals surface area contributed by atoms with Gasteiger partial charge in [-0.25, -0.2) is 0 Å². The lowest BCUT2D eigenvalue weighted by Gasteiger charge is -2.22. The summed E-state index contributed by atoms with van der Waals surface area (Å²) < 4.78 is 36.9. The first-order chi connectivity index (χ1) is 9.49. The molecule has 1 amide bonds. The topological polar surface area (TPSA) is 69.6 Å². The molecule has 0 aliphatic carbocycles. The molecular formula is C13H23F3N2O3. The maximum atomic E-state index is 12.3. The fraction of sp³-hybridized carbons (Fsp3) is 0.846. The minimum Gasteiger partial charge on any atom is -0.480 e. The van der Waals surface area contributed by atoms with Gasteiger partial charge >= 0.3 is 12.1 Å². The SMILES string of the molecule is CC(C)CCC(C)NC(=O)CN(CC(=O)O)CC(F)(F)F. The Balaban J connectivity index is 4.35. The molecule has 21 heavy (non-hydrogen) atoms. The summed E-state index contributed by atoms with van der Waals surface area (Å²) in [6, 6.07) is -0.155. The zero-order valence-corrected chi connectivity index (χ0v) is 12.5. The Bertz CT molecular complexity index is 346. The average molecular weight is 312 g/mol. The van der Waals surface area contributed by atoms with Crippen LogP contribution < -0.4 is 5.32 Å². The first-order valence-electron chi connectivity index (χ1n) is 6.80. The molecule has 0 aromatic heterocycles. The predicted molar refractivity (Wildman–Crippen MR) is 71.8 cm³/mol. The van der Waals surface area contributed by atoms with E-state index in [0.29, 0.717) is 10.8 Å². The maximum absolute atomic E-state index is 12.3. The number of carbonyl (C=O) groups excluding carboxylic acids is 1. The van der Waals surface area contributed by atoms with Crippen molar-refractivity contribution < 1.29 is 27.9 Å². The number of amides is 1. The molecule has 0 aliphatic heterocycles. The van der Waals surface area contributed by atoms with Crippen LogP contribution in [0.25, 0.3) is 0 Å². The molecule has 0 spiro atoms. The lowest BCUT2D eigenvalue weighted by atomic mass is 10.0. The summed E-state index contributed by atoms with van der Waals surface area (Å²) >= 11 is 0. The second kappa shape index (κ2) is 8.86. The molecule has 0 fully saturated rings. The number of hydrogen-bond acceptors (Lipinski definition) is 3. The monoisotopic (exact) mass is 312 g/mol. The zero-order valence-electron chi connectivity index (χ0n) is 12.5. The van der Waals surface area contributed by atoms with Gasteiger partial charge in [-0.05, 0) is 25.7 Å². The van der Waals surface area contributed by atoms with Crippen LogP contribution in [-0.4, -0.2) is 53.7 Å². The molecule has 0 aliphatic rings. The Morgan fingerprint density at radius 3 is 2.14 bits per heavy atom. The number of carbonyl (C=O) groups is 2. The summed E-state index contributed by atoms with van der Waals surface area (Å²) in [6.07, 6.45) is -2.93. The van der Waals surface area contributed by atoms with Crippen LogP contribution in [0.1, 0.15) is 33.6 Å². The van der Waals surface area contributed by atoms with Gasteiger partial charge < -0.3 is 10.4 Å². The van der Waals surface area contributed by atoms with E-state index < -0.39 is 37.7 Å². The summed E-state index contributed by atoms with van der Waals surface area (Å²) in [7, 11) is 0. The van der Waals surface area contributed by atoms with Crippen molar-refractivity contribution in [3.05, 3.63) is 0 Å². The number of nitrogens with zero attached hydrogens (tertiary/aromatic N) is 1. The highest BCUT2D eigenvalue weighted by Gasteiger charge is 2.32. The smallest absolute Gasteiger partial charge is 0.401 e. The van der Waals surface area contributed by atoms with E-state index in [0.717, 1.165) is 12.8 Å². The van der Waals surface area contributed by atoms with Crippen LogP contribution in [0.3, 0.4) is 0 Å². The highest BCUT2D eigenvalue weighted by molar-refractivity contribution is 5.79. The third kappa shape index (κ3) is 12.2. The largest absolute Gasteiger partial charge is 0.480 e. The van der Waals surface area contributed by atoms with Crippen molar-refractivity contribution in [1.82, 2.24) is 10.2 Å². The fourth-order valence-electron chi connectivity index (χ4n) is 1.79. The van der Waals surface area contributed by atoms with Crippen molar-refractivity contribution >= 4 is 11.9 Å².